The van der Waals surface area contributed by atoms with Crippen LogP contribution in [0.5, 0.6) is 11.5 Å². The van der Waals surface area contributed by atoms with Crippen molar-refractivity contribution in [2.75, 3.05) is 0 Å². The molecule has 6 nitrogen and oxygen atoms in total. The highest BCUT2D eigenvalue weighted by molar-refractivity contribution is 6.64. The van der Waals surface area contributed by atoms with Gasteiger partial charge in [-0.05, 0) is 42.1 Å². The van der Waals surface area contributed by atoms with Gasteiger partial charge < -0.3 is 15.2 Å². The number of ether oxygens (including phenoxy) is 2. The molecule has 2 N–H and O–H groups in total. The number of carbonyl (C=O) groups excluding carboxylic acids is 3. The third-order valence-electron chi connectivity index (χ3n) is 2.55. The van der Waals surface area contributed by atoms with Gasteiger partial charge in [0, 0.05) is 13.8 Å². The zero-order valence-corrected chi connectivity index (χ0v) is 12.5. The molecule has 1 atom stereocenters. The Morgan fingerprint density at radius 3 is 2.24 bits per heavy atom. The van der Waals surface area contributed by atoms with Gasteiger partial charge in [0.25, 0.3) is 0 Å². The molecule has 0 aliphatic carbocycles. The van der Waals surface area contributed by atoms with E-state index in [0.717, 1.165) is 5.56 Å². The number of esters is 2. The van der Waals surface area contributed by atoms with Crippen LogP contribution in [0.3, 0.4) is 0 Å². The predicted octanol–water partition coefficient (Wildman–Crippen LogP) is 1.56. The lowest BCUT2D eigenvalue weighted by Gasteiger charge is -2.11. The molecule has 0 spiro atoms. The minimum absolute atomic E-state index is 0.140. The van der Waals surface area contributed by atoms with Crippen LogP contribution in [0.2, 0.25) is 0 Å². The minimum atomic E-state index is -0.753. The first kappa shape index (κ1) is 17.1. The lowest BCUT2D eigenvalue weighted by atomic mass is 10.1. The molecule has 0 aliphatic heterocycles. The summed E-state index contributed by atoms with van der Waals surface area (Å²) < 4.78 is 9.95. The number of rotatable bonds is 6. The third kappa shape index (κ3) is 5.93. The summed E-state index contributed by atoms with van der Waals surface area (Å²) in [5, 5.41) is -0.605. The molecule has 0 aromatic heterocycles. The van der Waals surface area contributed by atoms with Crippen molar-refractivity contribution in [3.05, 3.63) is 23.8 Å². The summed E-state index contributed by atoms with van der Waals surface area (Å²) in [5.74, 6) is -0.765. The smallest absolute Gasteiger partial charge is 0.308 e. The molecule has 114 valence electrons. The van der Waals surface area contributed by atoms with Gasteiger partial charge in [0.05, 0.1) is 6.04 Å². The van der Waals surface area contributed by atoms with E-state index in [0.29, 0.717) is 12.8 Å². The Kier molecular flexibility index (Phi) is 6.33. The molecule has 0 amide bonds. The first-order valence-corrected chi connectivity index (χ1v) is 6.62. The standard InChI is InChI=1S/C14H16ClNO5/c1-8(17)20-12-6-4-10(3-5-11(16)14(15)19)7-13(12)21-9(2)18/h4,6-7,11H,3,5,16H2,1-2H3/t11-/m0/s1. The third-order valence-corrected chi connectivity index (χ3v) is 2.83. The summed E-state index contributed by atoms with van der Waals surface area (Å²) in [6.45, 7) is 2.49. The van der Waals surface area contributed by atoms with E-state index in [1.165, 1.54) is 19.9 Å². The molecule has 0 heterocycles. The van der Waals surface area contributed by atoms with Crippen molar-refractivity contribution in [2.45, 2.75) is 32.7 Å². The SMILES string of the molecule is CC(=O)Oc1ccc(CC[C@H](N)C(=O)Cl)cc1OC(C)=O. The molecule has 0 unspecified atom stereocenters. The maximum Gasteiger partial charge on any atom is 0.308 e. The summed E-state index contributed by atoms with van der Waals surface area (Å²) in [7, 11) is 0. The van der Waals surface area contributed by atoms with Gasteiger partial charge in [-0.1, -0.05) is 6.07 Å². The fourth-order valence-electron chi connectivity index (χ4n) is 1.62. The first-order chi connectivity index (χ1) is 9.79. The molecule has 0 bridgehead atoms. The summed E-state index contributed by atoms with van der Waals surface area (Å²) >= 11 is 5.29. The van der Waals surface area contributed by atoms with Gasteiger partial charge in [-0.3, -0.25) is 14.4 Å². The van der Waals surface area contributed by atoms with Crippen LogP contribution in [-0.4, -0.2) is 23.2 Å². The summed E-state index contributed by atoms with van der Waals surface area (Å²) in [5.41, 5.74) is 6.32. The maximum absolute atomic E-state index is 11.1. The van der Waals surface area contributed by atoms with E-state index in [4.69, 9.17) is 26.8 Å². The summed E-state index contributed by atoms with van der Waals surface area (Å²) in [6, 6.07) is 4.02. The normalized spacial score (nSPS) is 11.6. The molecular weight excluding hydrogens is 298 g/mol. The Morgan fingerprint density at radius 2 is 1.71 bits per heavy atom. The molecule has 0 saturated heterocycles. The summed E-state index contributed by atoms with van der Waals surface area (Å²) in [4.78, 5) is 32.9. The molecular formula is C14H16ClNO5. The fraction of sp³-hybridized carbons (Fsp3) is 0.357. The second kappa shape index (κ2) is 7.75. The van der Waals surface area contributed by atoms with Crippen LogP contribution in [0, 0.1) is 0 Å². The molecule has 1 rings (SSSR count). The zero-order valence-electron chi connectivity index (χ0n) is 11.7. The van der Waals surface area contributed by atoms with E-state index in [1.54, 1.807) is 12.1 Å². The Hall–Kier alpha value is -1.92. The maximum atomic E-state index is 11.1. The number of halogens is 1. The van der Waals surface area contributed by atoms with Crippen LogP contribution in [0.4, 0.5) is 0 Å². The molecule has 21 heavy (non-hydrogen) atoms. The van der Waals surface area contributed by atoms with Crippen LogP contribution in [0.15, 0.2) is 18.2 Å². The summed E-state index contributed by atoms with van der Waals surface area (Å²) in [6.07, 6.45) is 0.822. The lowest BCUT2D eigenvalue weighted by Crippen LogP contribution is -2.27. The number of aryl methyl sites for hydroxylation is 1. The second-order valence-corrected chi connectivity index (χ2v) is 4.79. The number of nitrogens with two attached hydrogens (primary N) is 1. The molecule has 0 saturated carbocycles. The minimum Gasteiger partial charge on any atom is -0.423 e. The zero-order chi connectivity index (χ0) is 16.0. The fourth-order valence-corrected chi connectivity index (χ4v) is 1.73. The molecule has 0 aliphatic rings. The molecule has 1 aromatic carbocycles. The number of benzene rings is 1. The van der Waals surface area contributed by atoms with Crippen molar-refractivity contribution < 1.29 is 23.9 Å². The van der Waals surface area contributed by atoms with Gasteiger partial charge >= 0.3 is 11.9 Å². The Balaban J connectivity index is 2.90. The van der Waals surface area contributed by atoms with Crippen molar-refractivity contribution in [3.8, 4) is 11.5 Å². The molecule has 7 heteroatoms. The predicted molar refractivity (Wildman–Crippen MR) is 76.2 cm³/mol. The number of carbonyl (C=O) groups is 3. The quantitative estimate of drug-likeness (QED) is 0.486. The van der Waals surface area contributed by atoms with Crippen LogP contribution < -0.4 is 15.2 Å². The van der Waals surface area contributed by atoms with Gasteiger partial charge in [0.1, 0.15) is 0 Å². The average molecular weight is 314 g/mol. The van der Waals surface area contributed by atoms with Crippen LogP contribution in [0.1, 0.15) is 25.8 Å². The molecule has 0 fully saturated rings. The van der Waals surface area contributed by atoms with Gasteiger partial charge in [-0.15, -0.1) is 0 Å². The van der Waals surface area contributed by atoms with E-state index >= 15 is 0 Å². The molecule has 0 radical (unpaired) electrons. The van der Waals surface area contributed by atoms with E-state index in [2.05, 4.69) is 0 Å². The molecule has 1 aromatic rings. The average Bonchev–Trinajstić information content (AvgIpc) is 2.37. The Labute approximate surface area is 127 Å². The Bertz CT molecular complexity index is 558. The van der Waals surface area contributed by atoms with Gasteiger partial charge in [0.15, 0.2) is 11.5 Å². The van der Waals surface area contributed by atoms with E-state index in [1.807, 2.05) is 0 Å². The topological polar surface area (TPSA) is 95.7 Å². The number of hydrogen-bond donors (Lipinski definition) is 1. The number of hydrogen-bond acceptors (Lipinski definition) is 6. The van der Waals surface area contributed by atoms with E-state index < -0.39 is 23.2 Å². The van der Waals surface area contributed by atoms with E-state index in [9.17, 15) is 14.4 Å². The van der Waals surface area contributed by atoms with E-state index in [-0.39, 0.29) is 11.5 Å². The van der Waals surface area contributed by atoms with Crippen molar-refractivity contribution >= 4 is 28.8 Å². The largest absolute Gasteiger partial charge is 0.423 e. The highest BCUT2D eigenvalue weighted by atomic mass is 35.5. The van der Waals surface area contributed by atoms with Gasteiger partial charge in [-0.25, -0.2) is 0 Å². The second-order valence-electron chi connectivity index (χ2n) is 4.42. The van der Waals surface area contributed by atoms with Crippen molar-refractivity contribution in [2.24, 2.45) is 5.73 Å². The van der Waals surface area contributed by atoms with Crippen molar-refractivity contribution in [1.82, 2.24) is 0 Å². The lowest BCUT2D eigenvalue weighted by molar-refractivity contribution is -0.134. The van der Waals surface area contributed by atoms with Crippen molar-refractivity contribution in [3.63, 3.8) is 0 Å². The van der Waals surface area contributed by atoms with Gasteiger partial charge in [0.2, 0.25) is 5.24 Å². The van der Waals surface area contributed by atoms with Crippen LogP contribution in [0.25, 0.3) is 0 Å². The Morgan fingerprint density at radius 1 is 1.14 bits per heavy atom. The first-order valence-electron chi connectivity index (χ1n) is 6.24. The monoisotopic (exact) mass is 313 g/mol. The van der Waals surface area contributed by atoms with Crippen molar-refractivity contribution in [1.29, 1.82) is 0 Å². The highest BCUT2D eigenvalue weighted by Gasteiger charge is 2.14. The van der Waals surface area contributed by atoms with Gasteiger partial charge in [-0.2, -0.15) is 0 Å². The van der Waals surface area contributed by atoms with Crippen LogP contribution >= 0.6 is 11.6 Å². The highest BCUT2D eigenvalue weighted by Crippen LogP contribution is 2.29. The van der Waals surface area contributed by atoms with Crippen LogP contribution in [-0.2, 0) is 20.8 Å².